The number of anilines is 1. The Labute approximate surface area is 89.9 Å². The predicted molar refractivity (Wildman–Crippen MR) is 63.4 cm³/mol. The fraction of sp³-hybridized carbons (Fsp3) is 0.400. The molecule has 0 saturated heterocycles. The lowest BCUT2D eigenvalue weighted by atomic mass is 10.3. The van der Waals surface area contributed by atoms with E-state index in [4.69, 9.17) is 18.0 Å². The highest BCUT2D eigenvalue weighted by molar-refractivity contribution is 7.80. The number of nitrogens with zero attached hydrogens (tertiary/aromatic N) is 2. The van der Waals surface area contributed by atoms with Crippen LogP contribution in [0, 0.1) is 6.92 Å². The van der Waals surface area contributed by atoms with Crippen LogP contribution in [0.2, 0.25) is 0 Å². The van der Waals surface area contributed by atoms with Gasteiger partial charge >= 0.3 is 0 Å². The molecule has 0 aromatic carbocycles. The molecule has 0 aliphatic heterocycles. The zero-order valence-corrected chi connectivity index (χ0v) is 9.51. The van der Waals surface area contributed by atoms with Crippen LogP contribution in [0.15, 0.2) is 18.3 Å². The summed E-state index contributed by atoms with van der Waals surface area (Å²) in [5.41, 5.74) is 6.75. The van der Waals surface area contributed by atoms with Gasteiger partial charge in [-0.25, -0.2) is 4.98 Å². The van der Waals surface area contributed by atoms with Gasteiger partial charge < -0.3 is 10.6 Å². The van der Waals surface area contributed by atoms with Gasteiger partial charge in [0.2, 0.25) is 0 Å². The molecule has 2 N–H and O–H groups in total. The summed E-state index contributed by atoms with van der Waals surface area (Å²) < 4.78 is 0. The first-order valence-corrected chi connectivity index (χ1v) is 4.94. The maximum absolute atomic E-state index is 5.63. The topological polar surface area (TPSA) is 42.1 Å². The number of hydrogen-bond donors (Lipinski definition) is 1. The molecule has 1 aromatic rings. The van der Waals surface area contributed by atoms with Gasteiger partial charge in [-0.1, -0.05) is 6.07 Å². The van der Waals surface area contributed by atoms with Gasteiger partial charge in [-0.2, -0.15) is 0 Å². The Balaban J connectivity index is 3.00. The minimum absolute atomic E-state index is 0.225. The first-order valence-electron chi connectivity index (χ1n) is 4.53. The third-order valence-corrected chi connectivity index (χ3v) is 2.09. The highest BCUT2D eigenvalue weighted by atomic mass is 32.1. The Kier molecular flexibility index (Phi) is 3.41. The van der Waals surface area contributed by atoms with Gasteiger partial charge in [-0.3, -0.25) is 0 Å². The van der Waals surface area contributed by atoms with E-state index in [2.05, 4.69) is 4.98 Å². The lowest BCUT2D eigenvalue weighted by molar-refractivity contribution is 0.797. The maximum Gasteiger partial charge on any atom is 0.172 e. The van der Waals surface area contributed by atoms with Crippen molar-refractivity contribution in [2.24, 2.45) is 5.73 Å². The fourth-order valence-corrected chi connectivity index (χ4v) is 1.54. The Hall–Kier alpha value is -1.16. The monoisotopic (exact) mass is 209 g/mol. The van der Waals surface area contributed by atoms with E-state index in [1.807, 2.05) is 44.0 Å². The molecule has 1 heterocycles. The summed E-state index contributed by atoms with van der Waals surface area (Å²) in [5, 5.41) is 0.358. The largest absolute Gasteiger partial charge is 0.376 e. The summed E-state index contributed by atoms with van der Waals surface area (Å²) >= 11 is 4.97. The molecule has 0 unspecified atom stereocenters. The van der Waals surface area contributed by atoms with Gasteiger partial charge in [-0.15, -0.1) is 0 Å². The van der Waals surface area contributed by atoms with E-state index in [0.717, 1.165) is 11.4 Å². The SMILES string of the molecule is Cc1ccc(N(C(N)=S)C(C)C)nc1. The number of aryl methyl sites for hydroxylation is 1. The lowest BCUT2D eigenvalue weighted by Gasteiger charge is -2.25. The van der Waals surface area contributed by atoms with Crippen LogP contribution >= 0.6 is 12.2 Å². The van der Waals surface area contributed by atoms with Crippen molar-refractivity contribution in [1.82, 2.24) is 4.98 Å². The van der Waals surface area contributed by atoms with E-state index in [1.54, 1.807) is 0 Å². The minimum Gasteiger partial charge on any atom is -0.376 e. The van der Waals surface area contributed by atoms with E-state index in [1.165, 1.54) is 0 Å². The van der Waals surface area contributed by atoms with Crippen molar-refractivity contribution < 1.29 is 0 Å². The molecule has 0 saturated carbocycles. The summed E-state index contributed by atoms with van der Waals surface area (Å²) in [6, 6.07) is 4.15. The van der Waals surface area contributed by atoms with Crippen molar-refractivity contribution in [3.63, 3.8) is 0 Å². The standard InChI is InChI=1S/C10H15N3S/c1-7(2)13(10(11)14)9-5-4-8(3)6-12-9/h4-7H,1-3H3,(H2,11,14). The van der Waals surface area contributed by atoms with Crippen LogP contribution in [0.3, 0.4) is 0 Å². The Bertz CT molecular complexity index is 319. The second-order valence-electron chi connectivity index (χ2n) is 3.50. The quantitative estimate of drug-likeness (QED) is 0.755. The summed E-state index contributed by atoms with van der Waals surface area (Å²) in [5.74, 6) is 0.804. The fourth-order valence-electron chi connectivity index (χ4n) is 1.23. The molecule has 0 radical (unpaired) electrons. The van der Waals surface area contributed by atoms with Crippen molar-refractivity contribution in [2.45, 2.75) is 26.8 Å². The summed E-state index contributed by atoms with van der Waals surface area (Å²) in [6.07, 6.45) is 1.81. The van der Waals surface area contributed by atoms with E-state index < -0.39 is 0 Å². The van der Waals surface area contributed by atoms with Crippen LogP contribution in [-0.4, -0.2) is 16.1 Å². The van der Waals surface area contributed by atoms with Crippen molar-refractivity contribution in [2.75, 3.05) is 4.90 Å². The zero-order chi connectivity index (χ0) is 10.7. The van der Waals surface area contributed by atoms with Crippen LogP contribution in [0.25, 0.3) is 0 Å². The van der Waals surface area contributed by atoms with Crippen molar-refractivity contribution in [3.8, 4) is 0 Å². The number of pyridine rings is 1. The van der Waals surface area contributed by atoms with Crippen LogP contribution in [0.4, 0.5) is 5.82 Å². The third-order valence-electron chi connectivity index (χ3n) is 1.90. The molecule has 0 atom stereocenters. The highest BCUT2D eigenvalue weighted by Crippen LogP contribution is 2.13. The molecule has 4 heteroatoms. The molecule has 0 fully saturated rings. The second-order valence-corrected chi connectivity index (χ2v) is 3.91. The van der Waals surface area contributed by atoms with E-state index in [-0.39, 0.29) is 6.04 Å². The molecule has 0 bridgehead atoms. The Morgan fingerprint density at radius 3 is 2.50 bits per heavy atom. The van der Waals surface area contributed by atoms with Crippen LogP contribution in [0.5, 0.6) is 0 Å². The zero-order valence-electron chi connectivity index (χ0n) is 8.69. The molecule has 3 nitrogen and oxygen atoms in total. The molecule has 0 spiro atoms. The van der Waals surface area contributed by atoms with Crippen molar-refractivity contribution >= 4 is 23.1 Å². The lowest BCUT2D eigenvalue weighted by Crippen LogP contribution is -2.41. The van der Waals surface area contributed by atoms with Crippen LogP contribution < -0.4 is 10.6 Å². The molecule has 14 heavy (non-hydrogen) atoms. The summed E-state index contributed by atoms with van der Waals surface area (Å²) in [6.45, 7) is 6.05. The third kappa shape index (κ3) is 2.42. The molecular formula is C10H15N3S. The predicted octanol–water partition coefficient (Wildman–Crippen LogP) is 1.85. The van der Waals surface area contributed by atoms with E-state index in [9.17, 15) is 0 Å². The van der Waals surface area contributed by atoms with Gasteiger partial charge in [0.05, 0.1) is 0 Å². The molecule has 0 aliphatic carbocycles. The average molecular weight is 209 g/mol. The molecule has 76 valence electrons. The smallest absolute Gasteiger partial charge is 0.172 e. The molecule has 1 aromatic heterocycles. The number of aromatic nitrogens is 1. The van der Waals surface area contributed by atoms with Crippen LogP contribution in [-0.2, 0) is 0 Å². The molecular weight excluding hydrogens is 194 g/mol. The maximum atomic E-state index is 5.63. The van der Waals surface area contributed by atoms with Gasteiger partial charge in [0.1, 0.15) is 5.82 Å². The van der Waals surface area contributed by atoms with Crippen molar-refractivity contribution in [1.29, 1.82) is 0 Å². The Morgan fingerprint density at radius 2 is 2.14 bits per heavy atom. The molecule has 0 amide bonds. The second kappa shape index (κ2) is 4.37. The van der Waals surface area contributed by atoms with Gasteiger partial charge in [0.15, 0.2) is 5.11 Å². The average Bonchev–Trinajstić information content (AvgIpc) is 2.07. The molecule has 1 rings (SSSR count). The van der Waals surface area contributed by atoms with Crippen molar-refractivity contribution in [3.05, 3.63) is 23.9 Å². The number of rotatable bonds is 2. The first kappa shape index (κ1) is 10.9. The van der Waals surface area contributed by atoms with Gasteiger partial charge in [-0.05, 0) is 44.6 Å². The number of thiocarbonyl (C=S) groups is 1. The summed E-state index contributed by atoms with van der Waals surface area (Å²) in [7, 11) is 0. The molecule has 0 aliphatic rings. The van der Waals surface area contributed by atoms with Crippen LogP contribution in [0.1, 0.15) is 19.4 Å². The minimum atomic E-state index is 0.225. The first-order chi connectivity index (χ1) is 6.52. The van der Waals surface area contributed by atoms with Gasteiger partial charge in [0, 0.05) is 12.2 Å². The normalized spacial score (nSPS) is 10.3. The number of nitrogens with two attached hydrogens (primary N) is 1. The Morgan fingerprint density at radius 1 is 1.50 bits per heavy atom. The highest BCUT2D eigenvalue weighted by Gasteiger charge is 2.13. The van der Waals surface area contributed by atoms with E-state index >= 15 is 0 Å². The number of hydrogen-bond acceptors (Lipinski definition) is 2. The van der Waals surface area contributed by atoms with E-state index in [0.29, 0.717) is 5.11 Å². The van der Waals surface area contributed by atoms with Gasteiger partial charge in [0.25, 0.3) is 0 Å². The summed E-state index contributed by atoms with van der Waals surface area (Å²) in [4.78, 5) is 6.11.